The second-order valence-corrected chi connectivity index (χ2v) is 14.2. The second-order valence-electron chi connectivity index (χ2n) is 14.2. The van der Waals surface area contributed by atoms with Gasteiger partial charge in [-0.3, -0.25) is 0 Å². The number of aromatic nitrogens is 2. The first-order chi connectivity index (χ1) is 28.2. The van der Waals surface area contributed by atoms with Crippen LogP contribution in [0.2, 0.25) is 0 Å². The van der Waals surface area contributed by atoms with E-state index in [2.05, 4.69) is 191 Å². The number of anilines is 3. The summed E-state index contributed by atoms with van der Waals surface area (Å²) >= 11 is 0. The lowest BCUT2D eigenvalue weighted by molar-refractivity contribution is 0.654. The molecule has 7 aromatic carbocycles. The van der Waals surface area contributed by atoms with Crippen molar-refractivity contribution >= 4 is 61.2 Å². The fraction of sp³-hybridized carbons (Fsp3) is 0. The molecule has 11 aromatic rings. The topological polar surface area (TPSA) is 55.3 Å². The molecule has 0 aliphatic rings. The summed E-state index contributed by atoms with van der Waals surface area (Å²) in [5, 5.41) is 4.16. The zero-order valence-corrected chi connectivity index (χ0v) is 30.7. The highest BCUT2D eigenvalue weighted by Crippen LogP contribution is 2.41. The van der Waals surface area contributed by atoms with Gasteiger partial charge in [0.25, 0.3) is 0 Å². The molecule has 0 amide bonds. The molecule has 4 aromatic heterocycles. The third-order valence-electron chi connectivity index (χ3n) is 10.9. The Bertz CT molecular complexity index is 3060. The van der Waals surface area contributed by atoms with Gasteiger partial charge in [-0.05, 0) is 100 Å². The lowest BCUT2D eigenvalue weighted by atomic mass is 9.98. The number of benzene rings is 7. The summed E-state index contributed by atoms with van der Waals surface area (Å²) in [5.41, 5.74) is 15.0. The lowest BCUT2D eigenvalue weighted by Crippen LogP contribution is -2.09. The summed E-state index contributed by atoms with van der Waals surface area (Å²) in [4.78, 5) is 11.2. The van der Waals surface area contributed by atoms with Crippen LogP contribution in [0.1, 0.15) is 0 Å². The summed E-state index contributed by atoms with van der Waals surface area (Å²) in [6, 6.07) is 66.1. The Morgan fingerprint density at radius 1 is 0.316 bits per heavy atom. The molecule has 0 fully saturated rings. The van der Waals surface area contributed by atoms with Crippen LogP contribution < -0.4 is 4.90 Å². The van der Waals surface area contributed by atoms with Crippen LogP contribution in [-0.4, -0.2) is 9.97 Å². The van der Waals surface area contributed by atoms with E-state index in [9.17, 15) is 0 Å². The Morgan fingerprint density at radius 2 is 0.719 bits per heavy atom. The molecule has 4 heterocycles. The van der Waals surface area contributed by atoms with E-state index in [0.29, 0.717) is 11.4 Å². The number of nitrogens with zero attached hydrogens (tertiary/aromatic N) is 3. The van der Waals surface area contributed by atoms with Crippen molar-refractivity contribution in [2.45, 2.75) is 0 Å². The largest absolute Gasteiger partial charge is 0.437 e. The Kier molecular flexibility index (Phi) is 7.74. The maximum Gasteiger partial charge on any atom is 0.227 e. The molecule has 0 unspecified atom stereocenters. The van der Waals surface area contributed by atoms with Crippen molar-refractivity contribution in [3.05, 3.63) is 200 Å². The maximum absolute atomic E-state index is 6.29. The fourth-order valence-corrected chi connectivity index (χ4v) is 8.06. The Labute approximate surface area is 328 Å². The van der Waals surface area contributed by atoms with Crippen LogP contribution in [0.25, 0.3) is 88.6 Å². The van der Waals surface area contributed by atoms with E-state index >= 15 is 0 Å². The predicted octanol–water partition coefficient (Wildman–Crippen LogP) is 14.4. The number of hydrogen-bond donors (Lipinski definition) is 0. The van der Waals surface area contributed by atoms with Crippen molar-refractivity contribution in [2.24, 2.45) is 0 Å². The monoisotopic (exact) mass is 731 g/mol. The molecule has 0 atom stereocenters. The normalized spacial score (nSPS) is 11.5. The molecule has 0 spiro atoms. The fourth-order valence-electron chi connectivity index (χ4n) is 8.06. The van der Waals surface area contributed by atoms with Gasteiger partial charge in [0.05, 0.1) is 0 Å². The molecular weight excluding hydrogens is 699 g/mol. The molecule has 0 aliphatic heterocycles. The van der Waals surface area contributed by atoms with Crippen molar-refractivity contribution in [3.63, 3.8) is 0 Å². The quantitative estimate of drug-likeness (QED) is 0.163. The van der Waals surface area contributed by atoms with Gasteiger partial charge in [-0.25, -0.2) is 9.97 Å². The molecule has 5 nitrogen and oxygen atoms in total. The SMILES string of the molecule is c1ccc(-c2cccc(-c3ccc(N(c4ccc(-c5cccc6c5oc5ncccc56)cc4)c4ccc(-c5cccc6c5oc5ncccc56)cc4)cc3)c2)cc1. The van der Waals surface area contributed by atoms with E-state index in [0.717, 1.165) is 77.6 Å². The molecular formula is C52H33N3O2. The molecule has 0 bridgehead atoms. The molecule has 11 rings (SSSR count). The molecule has 57 heavy (non-hydrogen) atoms. The highest BCUT2D eigenvalue weighted by molar-refractivity contribution is 6.09. The molecule has 0 N–H and O–H groups in total. The molecule has 0 saturated carbocycles. The standard InChI is InChI=1S/C52H33N3O2/c1-2-9-34(10-3-1)38-11-4-12-39(33-38)35-19-25-40(26-20-35)55(41-27-21-36(22-28-41)43-13-5-15-45-47-17-7-31-53-51(47)56-49(43)45)42-29-23-37(24-30-42)44-14-6-16-46-48-18-8-32-54-52(48)57-50(44)46/h1-33H. The van der Waals surface area contributed by atoms with Gasteiger partial charge in [-0.2, -0.15) is 0 Å². The first kappa shape index (κ1) is 32.7. The number of pyridine rings is 2. The zero-order valence-electron chi connectivity index (χ0n) is 30.7. The van der Waals surface area contributed by atoms with Crippen molar-refractivity contribution in [3.8, 4) is 44.5 Å². The summed E-state index contributed by atoms with van der Waals surface area (Å²) in [5.74, 6) is 0. The van der Waals surface area contributed by atoms with Gasteiger partial charge in [0.15, 0.2) is 0 Å². The summed E-state index contributed by atoms with van der Waals surface area (Å²) in [6.45, 7) is 0. The first-order valence-corrected chi connectivity index (χ1v) is 19.0. The lowest BCUT2D eigenvalue weighted by Gasteiger charge is -2.26. The number of hydrogen-bond acceptors (Lipinski definition) is 5. The summed E-state index contributed by atoms with van der Waals surface area (Å²) < 4.78 is 12.6. The Morgan fingerprint density at radius 3 is 1.21 bits per heavy atom. The predicted molar refractivity (Wildman–Crippen MR) is 233 cm³/mol. The zero-order chi connectivity index (χ0) is 37.7. The minimum absolute atomic E-state index is 0.648. The first-order valence-electron chi connectivity index (χ1n) is 19.0. The second kappa shape index (κ2) is 13.5. The van der Waals surface area contributed by atoms with Gasteiger partial charge in [0.1, 0.15) is 11.2 Å². The van der Waals surface area contributed by atoms with Crippen LogP contribution in [0.4, 0.5) is 17.1 Å². The van der Waals surface area contributed by atoms with Crippen LogP contribution in [0.15, 0.2) is 209 Å². The highest BCUT2D eigenvalue weighted by Gasteiger charge is 2.18. The van der Waals surface area contributed by atoms with Crippen molar-refractivity contribution in [1.29, 1.82) is 0 Å². The Hall–Kier alpha value is -7.76. The molecule has 268 valence electrons. The summed E-state index contributed by atoms with van der Waals surface area (Å²) in [6.07, 6.45) is 3.54. The van der Waals surface area contributed by atoms with E-state index in [1.54, 1.807) is 12.4 Å². The van der Waals surface area contributed by atoms with Crippen LogP contribution >= 0.6 is 0 Å². The van der Waals surface area contributed by atoms with Gasteiger partial charge in [-0.15, -0.1) is 0 Å². The number of fused-ring (bicyclic) bond motifs is 6. The van der Waals surface area contributed by atoms with Gasteiger partial charge >= 0.3 is 0 Å². The molecule has 0 radical (unpaired) electrons. The number of para-hydroxylation sites is 2. The van der Waals surface area contributed by atoms with Crippen molar-refractivity contribution in [1.82, 2.24) is 9.97 Å². The third kappa shape index (κ3) is 5.72. The highest BCUT2D eigenvalue weighted by atomic mass is 16.3. The van der Waals surface area contributed by atoms with E-state index in [1.165, 1.54) is 16.7 Å². The van der Waals surface area contributed by atoms with E-state index in [4.69, 9.17) is 8.83 Å². The van der Waals surface area contributed by atoms with Crippen molar-refractivity contribution in [2.75, 3.05) is 4.90 Å². The van der Waals surface area contributed by atoms with Crippen LogP contribution in [0.5, 0.6) is 0 Å². The van der Waals surface area contributed by atoms with E-state index < -0.39 is 0 Å². The average Bonchev–Trinajstić information content (AvgIpc) is 3.87. The molecule has 0 aliphatic carbocycles. The smallest absolute Gasteiger partial charge is 0.227 e. The van der Waals surface area contributed by atoms with Crippen molar-refractivity contribution < 1.29 is 8.83 Å². The van der Waals surface area contributed by atoms with E-state index in [1.807, 2.05) is 12.1 Å². The number of furan rings is 2. The molecule has 0 saturated heterocycles. The van der Waals surface area contributed by atoms with Crippen LogP contribution in [-0.2, 0) is 0 Å². The minimum atomic E-state index is 0.648. The number of rotatable bonds is 7. The Balaban J connectivity index is 0.986. The van der Waals surface area contributed by atoms with Gasteiger partial charge < -0.3 is 13.7 Å². The van der Waals surface area contributed by atoms with Gasteiger partial charge in [0.2, 0.25) is 11.4 Å². The van der Waals surface area contributed by atoms with E-state index in [-0.39, 0.29) is 0 Å². The van der Waals surface area contributed by atoms with Gasteiger partial charge in [-0.1, -0.05) is 121 Å². The van der Waals surface area contributed by atoms with Crippen LogP contribution in [0.3, 0.4) is 0 Å². The van der Waals surface area contributed by atoms with Crippen LogP contribution in [0, 0.1) is 0 Å². The maximum atomic E-state index is 6.29. The molecule has 5 heteroatoms. The third-order valence-corrected chi connectivity index (χ3v) is 10.9. The summed E-state index contributed by atoms with van der Waals surface area (Å²) in [7, 11) is 0. The minimum Gasteiger partial charge on any atom is -0.437 e. The average molecular weight is 732 g/mol. The van der Waals surface area contributed by atoms with Gasteiger partial charge in [0, 0.05) is 62.1 Å².